The predicted molar refractivity (Wildman–Crippen MR) is 109 cm³/mol. The van der Waals surface area contributed by atoms with Gasteiger partial charge in [-0.15, -0.1) is 0 Å². The zero-order valence-corrected chi connectivity index (χ0v) is 17.0. The van der Waals surface area contributed by atoms with E-state index in [-0.39, 0.29) is 5.91 Å². The third-order valence-electron chi connectivity index (χ3n) is 5.75. The van der Waals surface area contributed by atoms with Crippen LogP contribution < -0.4 is 5.32 Å². The summed E-state index contributed by atoms with van der Waals surface area (Å²) in [6, 6.07) is 18.4. The van der Waals surface area contributed by atoms with Gasteiger partial charge in [-0.2, -0.15) is 0 Å². The van der Waals surface area contributed by atoms with E-state index >= 15 is 0 Å². The summed E-state index contributed by atoms with van der Waals surface area (Å²) >= 11 is 0. The van der Waals surface area contributed by atoms with Crippen molar-refractivity contribution < 1.29 is 14.1 Å². The molecule has 3 rings (SSSR count). The average molecular weight is 365 g/mol. The van der Waals surface area contributed by atoms with Crippen LogP contribution in [0.15, 0.2) is 54.6 Å². The van der Waals surface area contributed by atoms with Gasteiger partial charge in [-0.25, -0.2) is 0 Å². The van der Waals surface area contributed by atoms with Crippen molar-refractivity contribution in [2.24, 2.45) is 0 Å². The SMILES string of the molecule is CC(=O)NC(C)(B1OC(C)(C)C(C)(C)O1)c1ccc(-c2ccccc2)cc1. The van der Waals surface area contributed by atoms with Crippen molar-refractivity contribution in [2.75, 3.05) is 0 Å². The largest absolute Gasteiger partial charge is 0.489 e. The second kappa shape index (κ2) is 6.81. The summed E-state index contributed by atoms with van der Waals surface area (Å²) in [4.78, 5) is 12.0. The number of hydrogen-bond acceptors (Lipinski definition) is 3. The Morgan fingerprint density at radius 3 is 1.85 bits per heavy atom. The van der Waals surface area contributed by atoms with E-state index in [0.717, 1.165) is 16.7 Å². The monoisotopic (exact) mass is 365 g/mol. The van der Waals surface area contributed by atoms with Crippen LogP contribution in [0.2, 0.25) is 0 Å². The van der Waals surface area contributed by atoms with Gasteiger partial charge in [0.25, 0.3) is 0 Å². The standard InChI is InChI=1S/C22H28BNO3/c1-16(25)24-22(6,23-26-20(2,3)21(4,5)27-23)19-14-12-18(13-15-19)17-10-8-7-9-11-17/h7-15H,1-6H3,(H,24,25). The Hall–Kier alpha value is -2.11. The Bertz CT molecular complexity index is 801. The van der Waals surface area contributed by atoms with Crippen LogP contribution in [0.25, 0.3) is 11.1 Å². The van der Waals surface area contributed by atoms with Gasteiger partial charge < -0.3 is 14.6 Å². The number of carbonyl (C=O) groups excluding carboxylic acids is 1. The molecule has 1 atom stereocenters. The number of carbonyl (C=O) groups is 1. The summed E-state index contributed by atoms with van der Waals surface area (Å²) < 4.78 is 12.5. The van der Waals surface area contributed by atoms with Crippen molar-refractivity contribution in [1.29, 1.82) is 0 Å². The molecule has 0 aliphatic carbocycles. The molecule has 4 nitrogen and oxygen atoms in total. The van der Waals surface area contributed by atoms with Gasteiger partial charge in [0.2, 0.25) is 5.91 Å². The number of rotatable bonds is 4. The van der Waals surface area contributed by atoms with Crippen molar-refractivity contribution in [3.05, 3.63) is 60.2 Å². The van der Waals surface area contributed by atoms with Crippen molar-refractivity contribution in [1.82, 2.24) is 5.32 Å². The van der Waals surface area contributed by atoms with E-state index < -0.39 is 23.8 Å². The molecule has 5 heteroatoms. The van der Waals surface area contributed by atoms with E-state index in [4.69, 9.17) is 9.31 Å². The fourth-order valence-electron chi connectivity index (χ4n) is 3.35. The normalized spacial score (nSPS) is 20.1. The number of hydrogen-bond donors (Lipinski definition) is 1. The Kier molecular flexibility index (Phi) is 4.95. The molecule has 1 heterocycles. The number of benzene rings is 2. The lowest BCUT2D eigenvalue weighted by atomic mass is 9.61. The van der Waals surface area contributed by atoms with Crippen LogP contribution in [0.4, 0.5) is 0 Å². The fraction of sp³-hybridized carbons (Fsp3) is 0.409. The lowest BCUT2D eigenvalue weighted by molar-refractivity contribution is -0.120. The van der Waals surface area contributed by atoms with E-state index in [1.165, 1.54) is 6.92 Å². The molecule has 1 fully saturated rings. The van der Waals surface area contributed by atoms with Crippen LogP contribution in [0.3, 0.4) is 0 Å². The van der Waals surface area contributed by atoms with Crippen LogP contribution in [0.1, 0.15) is 47.1 Å². The zero-order valence-electron chi connectivity index (χ0n) is 17.0. The molecule has 2 aromatic carbocycles. The van der Waals surface area contributed by atoms with Gasteiger partial charge in [-0.05, 0) is 51.3 Å². The molecule has 1 saturated heterocycles. The molecule has 27 heavy (non-hydrogen) atoms. The molecular formula is C22H28BNO3. The number of amides is 1. The molecule has 2 aromatic rings. The second-order valence-corrected chi connectivity index (χ2v) is 8.42. The molecule has 1 amide bonds. The van der Waals surface area contributed by atoms with Crippen LogP contribution in [-0.2, 0) is 19.5 Å². The van der Waals surface area contributed by atoms with Gasteiger partial charge in [0.1, 0.15) is 0 Å². The Morgan fingerprint density at radius 1 is 0.889 bits per heavy atom. The van der Waals surface area contributed by atoms with Crippen molar-refractivity contribution in [2.45, 2.75) is 58.2 Å². The fourth-order valence-corrected chi connectivity index (χ4v) is 3.35. The first-order valence-electron chi connectivity index (χ1n) is 9.35. The Labute approximate surface area is 162 Å². The average Bonchev–Trinajstić information content (AvgIpc) is 2.83. The first-order chi connectivity index (χ1) is 12.6. The van der Waals surface area contributed by atoms with E-state index in [1.54, 1.807) is 0 Å². The van der Waals surface area contributed by atoms with Crippen LogP contribution in [-0.4, -0.2) is 24.2 Å². The first-order valence-corrected chi connectivity index (χ1v) is 9.35. The van der Waals surface area contributed by atoms with E-state index in [0.29, 0.717) is 0 Å². The maximum atomic E-state index is 12.0. The van der Waals surface area contributed by atoms with Crippen LogP contribution in [0, 0.1) is 0 Å². The van der Waals surface area contributed by atoms with Crippen LogP contribution in [0.5, 0.6) is 0 Å². The molecule has 0 aromatic heterocycles. The van der Waals surface area contributed by atoms with Gasteiger partial charge in [0.15, 0.2) is 0 Å². The summed E-state index contributed by atoms with van der Waals surface area (Å²) in [5, 5.41) is 3.06. The van der Waals surface area contributed by atoms with Gasteiger partial charge in [0, 0.05) is 6.92 Å². The van der Waals surface area contributed by atoms with Gasteiger partial charge in [0.05, 0.1) is 16.6 Å². The molecule has 1 N–H and O–H groups in total. The highest BCUT2D eigenvalue weighted by atomic mass is 16.7. The molecule has 1 aliphatic heterocycles. The number of nitrogens with one attached hydrogen (secondary N) is 1. The molecule has 1 aliphatic rings. The molecule has 142 valence electrons. The first kappa shape index (κ1) is 19.7. The lowest BCUT2D eigenvalue weighted by Crippen LogP contribution is -2.55. The minimum Gasteiger partial charge on any atom is -0.401 e. The lowest BCUT2D eigenvalue weighted by Gasteiger charge is -2.33. The summed E-state index contributed by atoms with van der Waals surface area (Å²) in [5.41, 5.74) is 1.48. The van der Waals surface area contributed by atoms with Crippen molar-refractivity contribution in [3.8, 4) is 11.1 Å². The summed E-state index contributed by atoms with van der Waals surface area (Å²) in [6.07, 6.45) is 0. The minimum absolute atomic E-state index is 0.126. The molecule has 0 radical (unpaired) electrons. The Balaban J connectivity index is 1.97. The van der Waals surface area contributed by atoms with Gasteiger partial charge in [-0.3, -0.25) is 4.79 Å². The Morgan fingerprint density at radius 2 is 1.37 bits per heavy atom. The highest BCUT2D eigenvalue weighted by Gasteiger charge is 2.59. The molecule has 0 bridgehead atoms. The molecule has 1 unspecified atom stereocenters. The predicted octanol–water partition coefficient (Wildman–Crippen LogP) is 4.34. The van der Waals surface area contributed by atoms with Crippen molar-refractivity contribution in [3.63, 3.8) is 0 Å². The highest BCUT2D eigenvalue weighted by Crippen LogP contribution is 2.42. The third-order valence-corrected chi connectivity index (χ3v) is 5.75. The highest BCUT2D eigenvalue weighted by molar-refractivity contribution is 6.50. The van der Waals surface area contributed by atoms with Crippen LogP contribution >= 0.6 is 0 Å². The quantitative estimate of drug-likeness (QED) is 0.820. The molecule has 0 spiro atoms. The maximum absolute atomic E-state index is 12.0. The minimum atomic E-state index is -0.800. The van der Waals surface area contributed by atoms with E-state index in [1.807, 2.05) is 65.0 Å². The smallest absolute Gasteiger partial charge is 0.401 e. The summed E-state index contributed by atoms with van der Waals surface area (Å²) in [5.74, 6) is -0.126. The summed E-state index contributed by atoms with van der Waals surface area (Å²) in [7, 11) is -0.589. The molecule has 0 saturated carbocycles. The maximum Gasteiger partial charge on any atom is 0.489 e. The third kappa shape index (κ3) is 3.67. The summed E-state index contributed by atoms with van der Waals surface area (Å²) in [6.45, 7) is 11.5. The van der Waals surface area contributed by atoms with E-state index in [2.05, 4.69) is 29.6 Å². The van der Waals surface area contributed by atoms with E-state index in [9.17, 15) is 4.79 Å². The van der Waals surface area contributed by atoms with Gasteiger partial charge >= 0.3 is 7.12 Å². The second-order valence-electron chi connectivity index (χ2n) is 8.42. The topological polar surface area (TPSA) is 47.6 Å². The van der Waals surface area contributed by atoms with Crippen molar-refractivity contribution >= 4 is 13.0 Å². The molecular weight excluding hydrogens is 337 g/mol. The van der Waals surface area contributed by atoms with Gasteiger partial charge in [-0.1, -0.05) is 54.6 Å². The zero-order chi connectivity index (χ0) is 19.9.